The molecule has 0 unspecified atom stereocenters. The lowest BCUT2D eigenvalue weighted by atomic mass is 9.99. The molecule has 1 saturated carbocycles. The van der Waals surface area contributed by atoms with Crippen LogP contribution in [0.15, 0.2) is 18.6 Å². The Labute approximate surface area is 85.0 Å². The van der Waals surface area contributed by atoms with Crippen molar-refractivity contribution in [3.05, 3.63) is 24.3 Å². The second-order valence-electron chi connectivity index (χ2n) is 4.55. The first-order valence-electron chi connectivity index (χ1n) is 5.18. The average molecular weight is 191 g/mol. The molecule has 3 heteroatoms. The van der Waals surface area contributed by atoms with E-state index in [1.807, 2.05) is 6.20 Å². The van der Waals surface area contributed by atoms with Gasteiger partial charge in [0.1, 0.15) is 0 Å². The summed E-state index contributed by atoms with van der Waals surface area (Å²) in [6.45, 7) is 5.35. The molecule has 2 rings (SSSR count). The van der Waals surface area contributed by atoms with Gasteiger partial charge in [-0.1, -0.05) is 0 Å². The van der Waals surface area contributed by atoms with E-state index < -0.39 is 0 Å². The van der Waals surface area contributed by atoms with Gasteiger partial charge in [0.05, 0.1) is 5.69 Å². The molecule has 14 heavy (non-hydrogen) atoms. The van der Waals surface area contributed by atoms with Gasteiger partial charge in [-0.05, 0) is 32.6 Å². The Morgan fingerprint density at radius 3 is 2.79 bits per heavy atom. The van der Waals surface area contributed by atoms with Crippen LogP contribution in [0.3, 0.4) is 0 Å². The van der Waals surface area contributed by atoms with E-state index in [0.717, 1.165) is 18.2 Å². The Hall–Kier alpha value is -0.960. The molecule has 0 atom stereocenters. The fourth-order valence-electron chi connectivity index (χ4n) is 1.69. The zero-order chi connectivity index (χ0) is 10.0. The van der Waals surface area contributed by atoms with Crippen LogP contribution in [0.1, 0.15) is 32.4 Å². The third-order valence-electron chi connectivity index (χ3n) is 2.94. The van der Waals surface area contributed by atoms with Gasteiger partial charge in [-0.25, -0.2) is 0 Å². The Kier molecular flexibility index (Phi) is 2.50. The maximum atomic E-state index is 4.24. The summed E-state index contributed by atoms with van der Waals surface area (Å²) in [5, 5.41) is 3.53. The first-order valence-corrected chi connectivity index (χ1v) is 5.18. The molecular formula is C11H17N3. The summed E-state index contributed by atoms with van der Waals surface area (Å²) in [7, 11) is 0. The number of nitrogens with one attached hydrogen (secondary N) is 1. The van der Waals surface area contributed by atoms with E-state index in [1.54, 1.807) is 12.4 Å². The van der Waals surface area contributed by atoms with Gasteiger partial charge in [0, 0.05) is 30.7 Å². The van der Waals surface area contributed by atoms with Crippen LogP contribution >= 0.6 is 0 Å². The van der Waals surface area contributed by atoms with Gasteiger partial charge >= 0.3 is 0 Å². The molecule has 0 aliphatic heterocycles. The van der Waals surface area contributed by atoms with E-state index in [-0.39, 0.29) is 5.54 Å². The van der Waals surface area contributed by atoms with Gasteiger partial charge in [0.2, 0.25) is 0 Å². The van der Waals surface area contributed by atoms with Crippen molar-refractivity contribution < 1.29 is 0 Å². The minimum atomic E-state index is 0.248. The van der Waals surface area contributed by atoms with Gasteiger partial charge < -0.3 is 5.32 Å². The van der Waals surface area contributed by atoms with Gasteiger partial charge in [-0.2, -0.15) is 0 Å². The van der Waals surface area contributed by atoms with Crippen molar-refractivity contribution in [3.8, 4) is 0 Å². The third kappa shape index (κ3) is 2.29. The topological polar surface area (TPSA) is 37.8 Å². The molecule has 0 radical (unpaired) electrons. The van der Waals surface area contributed by atoms with Crippen molar-refractivity contribution in [3.63, 3.8) is 0 Å². The molecule has 0 amide bonds. The van der Waals surface area contributed by atoms with Crippen molar-refractivity contribution in [2.24, 2.45) is 5.92 Å². The molecule has 0 spiro atoms. The zero-order valence-corrected chi connectivity index (χ0v) is 8.83. The molecule has 76 valence electrons. The van der Waals surface area contributed by atoms with Crippen LogP contribution in [0.2, 0.25) is 0 Å². The maximum absolute atomic E-state index is 4.24. The van der Waals surface area contributed by atoms with Crippen molar-refractivity contribution >= 4 is 0 Å². The molecule has 1 aromatic rings. The SMILES string of the molecule is CC(C)(NCc1cnccn1)C1CC1. The fraction of sp³-hybridized carbons (Fsp3) is 0.636. The first-order chi connectivity index (χ1) is 6.68. The highest BCUT2D eigenvalue weighted by Gasteiger charge is 2.37. The normalized spacial score (nSPS) is 17.0. The number of nitrogens with zero attached hydrogens (tertiary/aromatic N) is 2. The number of hydrogen-bond acceptors (Lipinski definition) is 3. The van der Waals surface area contributed by atoms with Crippen LogP contribution in [0.5, 0.6) is 0 Å². The van der Waals surface area contributed by atoms with Crippen molar-refractivity contribution in [2.75, 3.05) is 0 Å². The summed E-state index contributed by atoms with van der Waals surface area (Å²) in [5.41, 5.74) is 1.26. The minimum absolute atomic E-state index is 0.248. The fourth-order valence-corrected chi connectivity index (χ4v) is 1.69. The molecule has 1 aliphatic carbocycles. The zero-order valence-electron chi connectivity index (χ0n) is 8.83. The summed E-state index contributed by atoms with van der Waals surface area (Å²) in [6, 6.07) is 0. The lowest BCUT2D eigenvalue weighted by Gasteiger charge is -2.25. The van der Waals surface area contributed by atoms with Crippen molar-refractivity contribution in [1.29, 1.82) is 0 Å². The van der Waals surface area contributed by atoms with Crippen LogP contribution in [0, 0.1) is 5.92 Å². The summed E-state index contributed by atoms with van der Waals surface area (Å²) < 4.78 is 0. The molecule has 1 aromatic heterocycles. The smallest absolute Gasteiger partial charge is 0.0724 e. The van der Waals surface area contributed by atoms with E-state index in [2.05, 4.69) is 29.1 Å². The van der Waals surface area contributed by atoms with Crippen LogP contribution in [0.25, 0.3) is 0 Å². The Bertz CT molecular complexity index is 291. The van der Waals surface area contributed by atoms with Gasteiger partial charge in [0.15, 0.2) is 0 Å². The van der Waals surface area contributed by atoms with E-state index in [4.69, 9.17) is 0 Å². The monoisotopic (exact) mass is 191 g/mol. The van der Waals surface area contributed by atoms with Crippen LogP contribution in [-0.4, -0.2) is 15.5 Å². The minimum Gasteiger partial charge on any atom is -0.306 e. The highest BCUT2D eigenvalue weighted by Crippen LogP contribution is 2.39. The molecular weight excluding hydrogens is 174 g/mol. The number of rotatable bonds is 4. The highest BCUT2D eigenvalue weighted by molar-refractivity contribution is 4.99. The number of aromatic nitrogens is 2. The quantitative estimate of drug-likeness (QED) is 0.788. The summed E-state index contributed by atoms with van der Waals surface area (Å²) in [6.07, 6.45) is 7.98. The van der Waals surface area contributed by atoms with Gasteiger partial charge in [0.25, 0.3) is 0 Å². The molecule has 1 aliphatic rings. The molecule has 1 fully saturated rings. The summed E-state index contributed by atoms with van der Waals surface area (Å²) >= 11 is 0. The van der Waals surface area contributed by atoms with Gasteiger partial charge in [-0.3, -0.25) is 9.97 Å². The predicted molar refractivity (Wildman–Crippen MR) is 55.7 cm³/mol. The third-order valence-corrected chi connectivity index (χ3v) is 2.94. The van der Waals surface area contributed by atoms with E-state index in [0.29, 0.717) is 0 Å². The summed E-state index contributed by atoms with van der Waals surface area (Å²) in [5.74, 6) is 0.846. The highest BCUT2D eigenvalue weighted by atomic mass is 15.0. The molecule has 3 nitrogen and oxygen atoms in total. The van der Waals surface area contributed by atoms with Crippen molar-refractivity contribution in [1.82, 2.24) is 15.3 Å². The summed E-state index contributed by atoms with van der Waals surface area (Å²) in [4.78, 5) is 8.28. The maximum Gasteiger partial charge on any atom is 0.0724 e. The van der Waals surface area contributed by atoms with Crippen molar-refractivity contribution in [2.45, 2.75) is 38.8 Å². The molecule has 1 N–H and O–H groups in total. The van der Waals surface area contributed by atoms with E-state index >= 15 is 0 Å². The molecule has 0 bridgehead atoms. The standard InChI is InChI=1S/C11H17N3/c1-11(2,9-3-4-9)14-8-10-7-12-5-6-13-10/h5-7,9,14H,3-4,8H2,1-2H3. The first kappa shape index (κ1) is 9.59. The van der Waals surface area contributed by atoms with E-state index in [9.17, 15) is 0 Å². The van der Waals surface area contributed by atoms with Crippen LogP contribution in [-0.2, 0) is 6.54 Å². The Morgan fingerprint density at radius 1 is 1.43 bits per heavy atom. The van der Waals surface area contributed by atoms with Crippen LogP contribution in [0.4, 0.5) is 0 Å². The Morgan fingerprint density at radius 2 is 2.21 bits per heavy atom. The lowest BCUT2D eigenvalue weighted by Crippen LogP contribution is -2.40. The number of hydrogen-bond donors (Lipinski definition) is 1. The van der Waals surface area contributed by atoms with Gasteiger partial charge in [-0.15, -0.1) is 0 Å². The second-order valence-corrected chi connectivity index (χ2v) is 4.55. The molecule has 0 aromatic carbocycles. The second kappa shape index (κ2) is 3.65. The predicted octanol–water partition coefficient (Wildman–Crippen LogP) is 1.75. The average Bonchev–Trinajstić information content (AvgIpc) is 3.00. The van der Waals surface area contributed by atoms with Crippen LogP contribution < -0.4 is 5.32 Å². The Balaban J connectivity index is 1.87. The lowest BCUT2D eigenvalue weighted by molar-refractivity contribution is 0.337. The molecule has 1 heterocycles. The molecule has 0 saturated heterocycles. The van der Waals surface area contributed by atoms with E-state index in [1.165, 1.54) is 12.8 Å². The largest absolute Gasteiger partial charge is 0.306 e.